The van der Waals surface area contributed by atoms with Crippen molar-refractivity contribution in [2.24, 2.45) is 0 Å². The van der Waals surface area contributed by atoms with Crippen molar-refractivity contribution in [1.82, 2.24) is 15.1 Å². The Kier molecular flexibility index (Phi) is 7.80. The van der Waals surface area contributed by atoms with Gasteiger partial charge in [0, 0.05) is 35.7 Å². The zero-order valence-corrected chi connectivity index (χ0v) is 20.9. The third-order valence-corrected chi connectivity index (χ3v) is 6.86. The van der Waals surface area contributed by atoms with Crippen LogP contribution in [-0.2, 0) is 37.7 Å². The highest BCUT2D eigenvalue weighted by atomic mass is 35.5. The van der Waals surface area contributed by atoms with Gasteiger partial charge < -0.3 is 20.0 Å². The molecule has 1 unspecified atom stereocenters. The number of fused-ring (bicyclic) bond motifs is 1. The van der Waals surface area contributed by atoms with E-state index < -0.39 is 50.8 Å². The average molecular weight is 558 g/mol. The molecule has 0 aliphatic carbocycles. The van der Waals surface area contributed by atoms with E-state index in [1.54, 1.807) is 18.2 Å². The molecular formula is C23H23ClF2N3O7P. The van der Waals surface area contributed by atoms with Gasteiger partial charge in [0.15, 0.2) is 0 Å². The zero-order valence-electron chi connectivity index (χ0n) is 19.3. The molecule has 1 saturated heterocycles. The molecule has 2 aromatic rings. The minimum atomic E-state index is -4.92. The van der Waals surface area contributed by atoms with Crippen LogP contribution in [0.5, 0.6) is 0 Å². The van der Waals surface area contributed by atoms with Crippen molar-refractivity contribution in [1.29, 1.82) is 0 Å². The molecule has 0 bridgehead atoms. The number of carbonyl (C=O) groups is 3. The van der Waals surface area contributed by atoms with E-state index in [9.17, 15) is 27.7 Å². The second-order valence-electron chi connectivity index (χ2n) is 8.70. The molecule has 37 heavy (non-hydrogen) atoms. The molecule has 2 aromatic carbocycles. The number of nitrogens with zero attached hydrogens (tertiary/aromatic N) is 2. The summed E-state index contributed by atoms with van der Waals surface area (Å²) in [4.78, 5) is 57.6. The Bertz CT molecular complexity index is 1270. The SMILES string of the molecule is O=C1CCC(N2Cc3cc(CNCC(F)(F)c4ccc(Cl)cc4)ccc3C2=O)C(=O)N1COP(=O)(O)O. The molecule has 0 saturated carbocycles. The number of phosphoric ester groups is 1. The molecule has 0 aromatic heterocycles. The van der Waals surface area contributed by atoms with Gasteiger partial charge in [-0.15, -0.1) is 0 Å². The molecule has 198 valence electrons. The Morgan fingerprint density at radius 2 is 1.84 bits per heavy atom. The monoisotopic (exact) mass is 557 g/mol. The largest absolute Gasteiger partial charge is 0.471 e. The fourth-order valence-electron chi connectivity index (χ4n) is 4.30. The van der Waals surface area contributed by atoms with Gasteiger partial charge in [-0.3, -0.25) is 23.8 Å². The highest BCUT2D eigenvalue weighted by molar-refractivity contribution is 7.46. The lowest BCUT2D eigenvalue weighted by Gasteiger charge is -2.35. The Morgan fingerprint density at radius 3 is 2.51 bits per heavy atom. The van der Waals surface area contributed by atoms with E-state index in [0.717, 1.165) is 0 Å². The Hall–Kier alpha value is -2.73. The molecule has 1 fully saturated rings. The van der Waals surface area contributed by atoms with E-state index in [1.165, 1.54) is 29.2 Å². The second kappa shape index (κ2) is 10.6. The lowest BCUT2D eigenvalue weighted by atomic mass is 10.0. The summed E-state index contributed by atoms with van der Waals surface area (Å²) in [6.07, 6.45) is -0.0595. The maximum Gasteiger partial charge on any atom is 0.471 e. The number of rotatable bonds is 9. The van der Waals surface area contributed by atoms with Crippen LogP contribution in [0.2, 0.25) is 5.02 Å². The minimum Gasteiger partial charge on any atom is -0.322 e. The first-order valence-corrected chi connectivity index (χ1v) is 13.1. The van der Waals surface area contributed by atoms with Crippen LogP contribution in [0.25, 0.3) is 0 Å². The number of amides is 3. The van der Waals surface area contributed by atoms with Crippen LogP contribution < -0.4 is 5.32 Å². The minimum absolute atomic E-state index is 0.0536. The van der Waals surface area contributed by atoms with Crippen LogP contribution in [0.15, 0.2) is 42.5 Å². The third kappa shape index (κ3) is 6.23. The molecular weight excluding hydrogens is 535 g/mol. The smallest absolute Gasteiger partial charge is 0.322 e. The van der Waals surface area contributed by atoms with E-state index in [2.05, 4.69) is 9.84 Å². The number of hydrogen-bond acceptors (Lipinski definition) is 6. The van der Waals surface area contributed by atoms with Gasteiger partial charge in [-0.25, -0.2) is 4.57 Å². The fraction of sp³-hybridized carbons (Fsp3) is 0.348. The van der Waals surface area contributed by atoms with Crippen molar-refractivity contribution >= 4 is 37.1 Å². The molecule has 14 heteroatoms. The molecule has 2 aliphatic heterocycles. The Labute approximate surface area is 215 Å². The summed E-state index contributed by atoms with van der Waals surface area (Å²) in [7, 11) is -4.92. The maximum atomic E-state index is 14.5. The van der Waals surface area contributed by atoms with E-state index in [0.29, 0.717) is 26.6 Å². The topological polar surface area (TPSA) is 136 Å². The molecule has 10 nitrogen and oxygen atoms in total. The number of benzene rings is 2. The number of imide groups is 1. The van der Waals surface area contributed by atoms with E-state index in [1.807, 2.05) is 0 Å². The van der Waals surface area contributed by atoms with Crippen molar-refractivity contribution in [2.75, 3.05) is 13.3 Å². The number of halogens is 3. The molecule has 3 N–H and O–H groups in total. The van der Waals surface area contributed by atoms with Gasteiger partial charge in [0.1, 0.15) is 12.8 Å². The molecule has 4 rings (SSSR count). The van der Waals surface area contributed by atoms with Crippen LogP contribution in [0.1, 0.15) is 39.9 Å². The molecule has 0 radical (unpaired) electrons. The molecule has 1 atom stereocenters. The van der Waals surface area contributed by atoms with Crippen molar-refractivity contribution in [3.63, 3.8) is 0 Å². The summed E-state index contributed by atoms with van der Waals surface area (Å²) in [6.45, 7) is -1.38. The number of nitrogens with one attached hydrogen (secondary N) is 1. The average Bonchev–Trinajstić information content (AvgIpc) is 3.14. The molecule has 2 heterocycles. The van der Waals surface area contributed by atoms with Gasteiger partial charge in [0.2, 0.25) is 5.91 Å². The van der Waals surface area contributed by atoms with Crippen LogP contribution in [0.4, 0.5) is 8.78 Å². The number of phosphoric acid groups is 1. The summed E-state index contributed by atoms with van der Waals surface area (Å²) in [5.74, 6) is -5.02. The van der Waals surface area contributed by atoms with Crippen molar-refractivity contribution < 1.29 is 42.0 Å². The summed E-state index contributed by atoms with van der Waals surface area (Å²) < 4.78 is 44.2. The van der Waals surface area contributed by atoms with Crippen molar-refractivity contribution in [3.05, 3.63) is 69.7 Å². The molecule has 2 aliphatic rings. The second-order valence-corrected chi connectivity index (χ2v) is 10.4. The van der Waals surface area contributed by atoms with E-state index in [-0.39, 0.29) is 31.5 Å². The number of likely N-dealkylation sites (tertiary alicyclic amines) is 1. The first kappa shape index (κ1) is 27.3. The summed E-state index contributed by atoms with van der Waals surface area (Å²) in [5.41, 5.74) is 1.42. The highest BCUT2D eigenvalue weighted by Gasteiger charge is 2.43. The third-order valence-electron chi connectivity index (χ3n) is 6.16. The van der Waals surface area contributed by atoms with Crippen molar-refractivity contribution in [3.8, 4) is 0 Å². The van der Waals surface area contributed by atoms with E-state index in [4.69, 9.17) is 21.4 Å². The lowest BCUT2D eigenvalue weighted by molar-refractivity contribution is -0.156. The summed E-state index contributed by atoms with van der Waals surface area (Å²) >= 11 is 5.76. The fourth-order valence-corrected chi connectivity index (χ4v) is 4.69. The lowest BCUT2D eigenvalue weighted by Crippen LogP contribution is -2.55. The Morgan fingerprint density at radius 1 is 1.14 bits per heavy atom. The van der Waals surface area contributed by atoms with Crippen molar-refractivity contribution in [2.45, 2.75) is 37.9 Å². The van der Waals surface area contributed by atoms with Gasteiger partial charge in [-0.05, 0) is 35.7 Å². The van der Waals surface area contributed by atoms with Gasteiger partial charge in [-0.2, -0.15) is 8.78 Å². The van der Waals surface area contributed by atoms with Crippen LogP contribution in [-0.4, -0.2) is 56.6 Å². The number of hydrogen-bond donors (Lipinski definition) is 3. The number of carbonyl (C=O) groups excluding carboxylic acids is 3. The first-order chi connectivity index (χ1) is 17.4. The Balaban J connectivity index is 1.39. The number of alkyl halides is 2. The summed E-state index contributed by atoms with van der Waals surface area (Å²) in [6, 6.07) is 9.17. The highest BCUT2D eigenvalue weighted by Crippen LogP contribution is 2.37. The first-order valence-electron chi connectivity index (χ1n) is 11.2. The molecule has 3 amide bonds. The predicted molar refractivity (Wildman–Crippen MR) is 126 cm³/mol. The van der Waals surface area contributed by atoms with Gasteiger partial charge in [0.25, 0.3) is 17.7 Å². The maximum absolute atomic E-state index is 14.5. The van der Waals surface area contributed by atoms with Crippen LogP contribution >= 0.6 is 19.4 Å². The molecule has 0 spiro atoms. The van der Waals surface area contributed by atoms with Crippen LogP contribution in [0, 0.1) is 0 Å². The van der Waals surface area contributed by atoms with E-state index >= 15 is 0 Å². The quantitative estimate of drug-likeness (QED) is 0.316. The summed E-state index contributed by atoms with van der Waals surface area (Å²) in [5, 5.41) is 3.08. The normalized spacial score (nSPS) is 18.5. The van der Waals surface area contributed by atoms with Gasteiger partial charge in [0.05, 0.1) is 6.54 Å². The van der Waals surface area contributed by atoms with Gasteiger partial charge >= 0.3 is 7.82 Å². The van der Waals surface area contributed by atoms with Gasteiger partial charge in [-0.1, -0.05) is 35.9 Å². The predicted octanol–water partition coefficient (Wildman–Crippen LogP) is 2.76. The standard InChI is InChI=1S/C23H23ClF2N3O7P/c24-17-4-2-16(3-5-17)23(25,26)12-27-10-14-1-6-18-15(9-14)11-28(21(18)31)19-7-8-20(30)29(22(19)32)13-36-37(33,34)35/h1-6,9,19,27H,7-8,10-13H2,(H2,33,34,35). The van der Waals surface area contributed by atoms with Crippen LogP contribution in [0.3, 0.4) is 0 Å². The number of piperidine rings is 1. The zero-order chi connectivity index (χ0) is 27.0.